The Labute approximate surface area is 98.0 Å². The number of anilines is 1. The van der Waals surface area contributed by atoms with Gasteiger partial charge in [-0.05, 0) is 5.92 Å². The second-order valence-corrected chi connectivity index (χ2v) is 3.32. The monoisotopic (exact) mass is 248 g/mol. The largest absolute Gasteiger partial charge is 0.673 e. The first-order valence-electron chi connectivity index (χ1n) is 4.71. The van der Waals surface area contributed by atoms with Gasteiger partial charge in [-0.1, -0.05) is 0 Å². The summed E-state index contributed by atoms with van der Waals surface area (Å²) < 4.78 is 41.0. The molecular formula is C10H13BF4N2. The van der Waals surface area contributed by atoms with Crippen LogP contribution in [-0.2, 0) is 6.54 Å². The van der Waals surface area contributed by atoms with E-state index in [4.69, 9.17) is 6.42 Å². The first-order valence-corrected chi connectivity index (χ1v) is 4.71. The second-order valence-electron chi connectivity index (χ2n) is 3.32. The lowest BCUT2D eigenvalue weighted by atomic mass is 10.3. The number of nitrogens with zero attached hydrogens (tertiary/aromatic N) is 2. The van der Waals surface area contributed by atoms with Crippen LogP contribution in [0.3, 0.4) is 0 Å². The van der Waals surface area contributed by atoms with Gasteiger partial charge in [0, 0.05) is 31.9 Å². The van der Waals surface area contributed by atoms with E-state index in [2.05, 4.69) is 10.8 Å². The van der Waals surface area contributed by atoms with Crippen molar-refractivity contribution in [3.63, 3.8) is 0 Å². The maximum atomic E-state index is 9.75. The highest BCUT2D eigenvalue weighted by Crippen LogP contribution is 2.06. The third-order valence-corrected chi connectivity index (χ3v) is 1.66. The SMILES string of the molecule is C#CC[n+]1ccc(N(C)C)cc1.F[B-](F)(F)F. The van der Waals surface area contributed by atoms with Crippen LogP contribution in [0, 0.1) is 12.3 Å². The number of pyridine rings is 1. The van der Waals surface area contributed by atoms with Crippen LogP contribution >= 0.6 is 0 Å². The quantitative estimate of drug-likeness (QED) is 0.336. The van der Waals surface area contributed by atoms with Crippen LogP contribution in [0.1, 0.15) is 0 Å². The van der Waals surface area contributed by atoms with Gasteiger partial charge in [0.05, 0.1) is 0 Å². The minimum atomic E-state index is -6.00. The fourth-order valence-electron chi connectivity index (χ4n) is 0.958. The summed E-state index contributed by atoms with van der Waals surface area (Å²) in [6.45, 7) is 0.633. The van der Waals surface area contributed by atoms with Crippen LogP contribution < -0.4 is 9.47 Å². The normalized spacial score (nSPS) is 9.94. The molecule has 0 atom stereocenters. The first-order chi connectivity index (χ1) is 7.74. The molecule has 0 aliphatic carbocycles. The molecule has 0 saturated carbocycles. The van der Waals surface area contributed by atoms with Crippen molar-refractivity contribution in [2.45, 2.75) is 6.54 Å². The van der Waals surface area contributed by atoms with Gasteiger partial charge in [0.25, 0.3) is 0 Å². The molecule has 0 aliphatic rings. The van der Waals surface area contributed by atoms with Crippen molar-refractivity contribution in [2.24, 2.45) is 0 Å². The lowest BCUT2D eigenvalue weighted by Crippen LogP contribution is -2.31. The van der Waals surface area contributed by atoms with Crippen molar-refractivity contribution in [2.75, 3.05) is 19.0 Å². The van der Waals surface area contributed by atoms with Crippen LogP contribution in [0.2, 0.25) is 0 Å². The third kappa shape index (κ3) is 9.24. The molecule has 0 unspecified atom stereocenters. The summed E-state index contributed by atoms with van der Waals surface area (Å²) in [5.74, 6) is 2.58. The molecule has 0 fully saturated rings. The van der Waals surface area contributed by atoms with E-state index in [1.165, 1.54) is 5.69 Å². The average Bonchev–Trinajstić information content (AvgIpc) is 2.16. The number of halogens is 4. The summed E-state index contributed by atoms with van der Waals surface area (Å²) in [4.78, 5) is 2.06. The summed E-state index contributed by atoms with van der Waals surface area (Å²) in [5, 5.41) is 0. The Morgan fingerprint density at radius 2 is 1.65 bits per heavy atom. The Kier molecular flexibility index (Phi) is 6.11. The zero-order valence-corrected chi connectivity index (χ0v) is 9.58. The third-order valence-electron chi connectivity index (χ3n) is 1.66. The van der Waals surface area contributed by atoms with Crippen molar-refractivity contribution in [3.8, 4) is 12.3 Å². The van der Waals surface area contributed by atoms with Gasteiger partial charge in [0.2, 0.25) is 6.54 Å². The molecule has 0 N–H and O–H groups in total. The molecular weight excluding hydrogens is 235 g/mol. The first kappa shape index (κ1) is 15.3. The van der Waals surface area contributed by atoms with Gasteiger partial charge in [-0.25, -0.2) is 0 Å². The molecule has 1 heterocycles. The Morgan fingerprint density at radius 3 is 1.94 bits per heavy atom. The van der Waals surface area contributed by atoms with E-state index in [0.29, 0.717) is 6.54 Å². The molecule has 0 saturated heterocycles. The summed E-state index contributed by atoms with van der Waals surface area (Å²) >= 11 is 0. The van der Waals surface area contributed by atoms with E-state index in [1.54, 1.807) is 0 Å². The fraction of sp³-hybridized carbons (Fsp3) is 0.300. The predicted molar refractivity (Wildman–Crippen MR) is 60.0 cm³/mol. The highest BCUT2D eigenvalue weighted by atomic mass is 19.5. The number of terminal acetylenes is 1. The minimum Gasteiger partial charge on any atom is -0.418 e. The zero-order chi connectivity index (χ0) is 13.5. The maximum Gasteiger partial charge on any atom is 0.673 e. The Bertz CT molecular complexity index is 361. The maximum absolute atomic E-state index is 9.75. The summed E-state index contributed by atoms with van der Waals surface area (Å²) in [5.41, 5.74) is 1.18. The standard InChI is InChI=1S/C10H13N2.BF4/c1-4-7-12-8-5-10(6-9-12)11(2)3;2-1(3,4)5/h1,5-6,8-9H,7H2,2-3H3;/q+1;-1. The Balaban J connectivity index is 0.000000437. The summed E-state index contributed by atoms with van der Waals surface area (Å²) in [7, 11) is -1.97. The van der Waals surface area contributed by atoms with Gasteiger partial charge in [-0.2, -0.15) is 4.57 Å². The molecule has 1 rings (SSSR count). The molecule has 0 aliphatic heterocycles. The second kappa shape index (κ2) is 6.79. The van der Waals surface area contributed by atoms with Gasteiger partial charge in [-0.15, -0.1) is 6.42 Å². The number of rotatable bonds is 2. The molecule has 7 heteroatoms. The zero-order valence-electron chi connectivity index (χ0n) is 9.58. The molecule has 1 aromatic rings. The van der Waals surface area contributed by atoms with E-state index in [0.717, 1.165) is 0 Å². The number of hydrogen-bond donors (Lipinski definition) is 0. The van der Waals surface area contributed by atoms with Crippen LogP contribution in [0.15, 0.2) is 24.5 Å². The smallest absolute Gasteiger partial charge is 0.418 e. The molecule has 0 bridgehead atoms. The van der Waals surface area contributed by atoms with Crippen molar-refractivity contribution in [1.29, 1.82) is 0 Å². The van der Waals surface area contributed by atoms with E-state index in [-0.39, 0.29) is 0 Å². The highest BCUT2D eigenvalue weighted by molar-refractivity contribution is 6.50. The van der Waals surface area contributed by atoms with E-state index in [9.17, 15) is 17.3 Å². The molecule has 94 valence electrons. The lowest BCUT2D eigenvalue weighted by Gasteiger charge is -2.09. The molecule has 0 amide bonds. The average molecular weight is 248 g/mol. The number of aromatic nitrogens is 1. The van der Waals surface area contributed by atoms with Gasteiger partial charge in [0.15, 0.2) is 12.4 Å². The lowest BCUT2D eigenvalue weighted by molar-refractivity contribution is -0.684. The van der Waals surface area contributed by atoms with Crippen LogP contribution in [0.5, 0.6) is 0 Å². The molecule has 17 heavy (non-hydrogen) atoms. The Hall–Kier alpha value is -1.71. The predicted octanol–water partition coefficient (Wildman–Crippen LogP) is 1.97. The minimum absolute atomic E-state index is 0.633. The molecule has 0 aromatic carbocycles. The van der Waals surface area contributed by atoms with Gasteiger partial charge in [-0.3, -0.25) is 0 Å². The van der Waals surface area contributed by atoms with E-state index in [1.807, 2.05) is 43.2 Å². The van der Waals surface area contributed by atoms with Crippen LogP contribution in [0.4, 0.5) is 23.0 Å². The van der Waals surface area contributed by atoms with Crippen LogP contribution in [0.25, 0.3) is 0 Å². The van der Waals surface area contributed by atoms with Crippen LogP contribution in [-0.4, -0.2) is 21.3 Å². The van der Waals surface area contributed by atoms with Gasteiger partial charge in [0.1, 0.15) is 0 Å². The molecule has 0 radical (unpaired) electrons. The van der Waals surface area contributed by atoms with E-state index < -0.39 is 7.25 Å². The topological polar surface area (TPSA) is 7.12 Å². The summed E-state index contributed by atoms with van der Waals surface area (Å²) in [6.07, 6.45) is 9.14. The molecule has 0 spiro atoms. The highest BCUT2D eigenvalue weighted by Gasteiger charge is 2.20. The molecule has 2 nitrogen and oxygen atoms in total. The van der Waals surface area contributed by atoms with Crippen molar-refractivity contribution >= 4 is 12.9 Å². The number of hydrogen-bond acceptors (Lipinski definition) is 1. The Morgan fingerprint density at radius 1 is 1.24 bits per heavy atom. The van der Waals surface area contributed by atoms with E-state index >= 15 is 0 Å². The summed E-state index contributed by atoms with van der Waals surface area (Å²) in [6, 6.07) is 4.08. The fourth-order valence-corrected chi connectivity index (χ4v) is 0.958. The van der Waals surface area contributed by atoms with Gasteiger partial charge >= 0.3 is 7.25 Å². The van der Waals surface area contributed by atoms with Crippen molar-refractivity contribution in [3.05, 3.63) is 24.5 Å². The van der Waals surface area contributed by atoms with Gasteiger partial charge < -0.3 is 22.2 Å². The van der Waals surface area contributed by atoms with Crippen molar-refractivity contribution in [1.82, 2.24) is 0 Å². The van der Waals surface area contributed by atoms with Crippen molar-refractivity contribution < 1.29 is 21.8 Å². The molecule has 1 aromatic heterocycles.